The number of carbonyl (C=O) groups is 3. The molecule has 27 heavy (non-hydrogen) atoms. The SMILES string of the molecule is CS(=O)(=O)Cc1cccc(C(=O)OCC(=O)NC(=O)NC2CCCCC2)c1. The fourth-order valence-corrected chi connectivity index (χ4v) is 3.72. The minimum absolute atomic E-state index is 0.0617. The van der Waals surface area contributed by atoms with Crippen molar-refractivity contribution in [2.45, 2.75) is 43.9 Å². The van der Waals surface area contributed by atoms with E-state index in [0.717, 1.165) is 38.4 Å². The molecule has 0 atom stereocenters. The molecule has 0 aliphatic heterocycles. The van der Waals surface area contributed by atoms with Crippen LogP contribution in [0.2, 0.25) is 0 Å². The fourth-order valence-electron chi connectivity index (χ4n) is 2.94. The Morgan fingerprint density at radius 2 is 1.85 bits per heavy atom. The van der Waals surface area contributed by atoms with Crippen LogP contribution in [0.25, 0.3) is 0 Å². The summed E-state index contributed by atoms with van der Waals surface area (Å²) >= 11 is 0. The van der Waals surface area contributed by atoms with Crippen molar-refractivity contribution in [1.29, 1.82) is 0 Å². The number of ether oxygens (including phenoxy) is 1. The molecule has 0 saturated heterocycles. The maximum atomic E-state index is 12.0. The molecular weight excluding hydrogens is 372 g/mol. The molecule has 1 aromatic carbocycles. The van der Waals surface area contributed by atoms with E-state index in [2.05, 4.69) is 10.6 Å². The van der Waals surface area contributed by atoms with Gasteiger partial charge in [0, 0.05) is 12.3 Å². The monoisotopic (exact) mass is 396 g/mol. The van der Waals surface area contributed by atoms with Gasteiger partial charge in [-0.25, -0.2) is 18.0 Å². The van der Waals surface area contributed by atoms with Gasteiger partial charge in [0.05, 0.1) is 11.3 Å². The lowest BCUT2D eigenvalue weighted by Crippen LogP contribution is -2.46. The Labute approximate surface area is 158 Å². The van der Waals surface area contributed by atoms with E-state index in [4.69, 9.17) is 4.74 Å². The molecule has 3 amide bonds. The van der Waals surface area contributed by atoms with Crippen LogP contribution in [0.5, 0.6) is 0 Å². The first-order chi connectivity index (χ1) is 12.7. The molecule has 0 spiro atoms. The summed E-state index contributed by atoms with van der Waals surface area (Å²) in [4.78, 5) is 35.5. The normalized spacial score (nSPS) is 15.0. The molecule has 0 heterocycles. The quantitative estimate of drug-likeness (QED) is 0.704. The van der Waals surface area contributed by atoms with Crippen LogP contribution in [0.4, 0.5) is 4.79 Å². The van der Waals surface area contributed by atoms with Crippen molar-refractivity contribution in [3.63, 3.8) is 0 Å². The number of carbonyl (C=O) groups excluding carboxylic acids is 3. The molecule has 1 aromatic rings. The highest BCUT2D eigenvalue weighted by Gasteiger charge is 2.18. The Kier molecular flexibility index (Phi) is 7.35. The van der Waals surface area contributed by atoms with Crippen LogP contribution in [-0.2, 0) is 25.1 Å². The van der Waals surface area contributed by atoms with E-state index >= 15 is 0 Å². The summed E-state index contributed by atoms with van der Waals surface area (Å²) in [5, 5.41) is 4.86. The number of urea groups is 1. The van der Waals surface area contributed by atoms with Gasteiger partial charge in [-0.2, -0.15) is 0 Å². The van der Waals surface area contributed by atoms with Gasteiger partial charge in [0.15, 0.2) is 16.4 Å². The maximum absolute atomic E-state index is 12.0. The first-order valence-electron chi connectivity index (χ1n) is 8.77. The van der Waals surface area contributed by atoms with E-state index in [9.17, 15) is 22.8 Å². The van der Waals surface area contributed by atoms with Crippen molar-refractivity contribution in [3.8, 4) is 0 Å². The van der Waals surface area contributed by atoms with E-state index in [1.165, 1.54) is 18.2 Å². The summed E-state index contributed by atoms with van der Waals surface area (Å²) < 4.78 is 27.6. The van der Waals surface area contributed by atoms with Gasteiger partial charge in [-0.05, 0) is 30.5 Å². The van der Waals surface area contributed by atoms with Crippen LogP contribution in [0, 0.1) is 0 Å². The van der Waals surface area contributed by atoms with Gasteiger partial charge in [0.25, 0.3) is 5.91 Å². The van der Waals surface area contributed by atoms with Gasteiger partial charge in [0.2, 0.25) is 0 Å². The molecule has 1 aliphatic carbocycles. The second-order valence-corrected chi connectivity index (χ2v) is 8.84. The van der Waals surface area contributed by atoms with Gasteiger partial charge in [-0.15, -0.1) is 0 Å². The molecular formula is C18H24N2O6S. The van der Waals surface area contributed by atoms with E-state index in [0.29, 0.717) is 5.56 Å². The van der Waals surface area contributed by atoms with Crippen molar-refractivity contribution in [2.24, 2.45) is 0 Å². The lowest BCUT2D eigenvalue weighted by molar-refractivity contribution is -0.123. The van der Waals surface area contributed by atoms with Crippen LogP contribution < -0.4 is 10.6 Å². The Morgan fingerprint density at radius 1 is 1.15 bits per heavy atom. The van der Waals surface area contributed by atoms with Crippen LogP contribution in [-0.4, -0.2) is 45.2 Å². The Morgan fingerprint density at radius 3 is 2.52 bits per heavy atom. The van der Waals surface area contributed by atoms with Crippen LogP contribution in [0.1, 0.15) is 48.0 Å². The van der Waals surface area contributed by atoms with Crippen molar-refractivity contribution < 1.29 is 27.5 Å². The lowest BCUT2D eigenvalue weighted by Gasteiger charge is -2.22. The number of benzene rings is 1. The molecule has 9 heteroatoms. The molecule has 0 unspecified atom stereocenters. The van der Waals surface area contributed by atoms with E-state index < -0.39 is 34.4 Å². The minimum atomic E-state index is -3.23. The summed E-state index contributed by atoms with van der Waals surface area (Å²) in [6, 6.07) is 5.44. The van der Waals surface area contributed by atoms with E-state index in [1.54, 1.807) is 6.07 Å². The van der Waals surface area contributed by atoms with Crippen LogP contribution >= 0.6 is 0 Å². The first-order valence-corrected chi connectivity index (χ1v) is 10.8. The smallest absolute Gasteiger partial charge is 0.338 e. The predicted molar refractivity (Wildman–Crippen MR) is 98.8 cm³/mol. The van der Waals surface area contributed by atoms with E-state index in [-0.39, 0.29) is 17.4 Å². The number of nitrogens with one attached hydrogen (secondary N) is 2. The topological polar surface area (TPSA) is 119 Å². The summed E-state index contributed by atoms with van der Waals surface area (Å²) in [7, 11) is -3.23. The van der Waals surface area contributed by atoms with Crippen molar-refractivity contribution in [1.82, 2.24) is 10.6 Å². The minimum Gasteiger partial charge on any atom is -0.452 e. The largest absolute Gasteiger partial charge is 0.452 e. The van der Waals surface area contributed by atoms with Crippen molar-refractivity contribution in [3.05, 3.63) is 35.4 Å². The summed E-state index contributed by atoms with van der Waals surface area (Å²) in [6.07, 6.45) is 6.13. The number of rotatable bonds is 6. The first kappa shape index (κ1) is 20.9. The Hall–Kier alpha value is -2.42. The van der Waals surface area contributed by atoms with Gasteiger partial charge in [-0.3, -0.25) is 10.1 Å². The summed E-state index contributed by atoms with van der Waals surface area (Å²) in [6.45, 7) is -0.604. The molecule has 0 radical (unpaired) electrons. The maximum Gasteiger partial charge on any atom is 0.338 e. The zero-order chi connectivity index (χ0) is 19.9. The third-order valence-corrected chi connectivity index (χ3v) is 4.98. The van der Waals surface area contributed by atoms with Crippen LogP contribution in [0.3, 0.4) is 0 Å². The van der Waals surface area contributed by atoms with Crippen molar-refractivity contribution >= 4 is 27.7 Å². The zero-order valence-corrected chi connectivity index (χ0v) is 16.0. The average Bonchev–Trinajstić information content (AvgIpc) is 2.59. The number of esters is 1. The van der Waals surface area contributed by atoms with Crippen molar-refractivity contribution in [2.75, 3.05) is 12.9 Å². The molecule has 0 aromatic heterocycles. The molecule has 2 N–H and O–H groups in total. The lowest BCUT2D eigenvalue weighted by atomic mass is 9.96. The molecule has 1 saturated carbocycles. The number of imide groups is 1. The van der Waals surface area contributed by atoms with Gasteiger partial charge in [0.1, 0.15) is 0 Å². The van der Waals surface area contributed by atoms with Gasteiger partial charge in [-0.1, -0.05) is 31.4 Å². The molecule has 1 aliphatic rings. The standard InChI is InChI=1S/C18H24N2O6S/c1-27(24,25)12-13-6-5-7-14(10-13)17(22)26-11-16(21)20-18(23)19-15-8-3-2-4-9-15/h5-7,10,15H,2-4,8-9,11-12H2,1H3,(H2,19,20,21,23). The highest BCUT2D eigenvalue weighted by Crippen LogP contribution is 2.17. The zero-order valence-electron chi connectivity index (χ0n) is 15.2. The van der Waals surface area contributed by atoms with Crippen LogP contribution in [0.15, 0.2) is 24.3 Å². The number of sulfone groups is 1. The highest BCUT2D eigenvalue weighted by atomic mass is 32.2. The van der Waals surface area contributed by atoms with Gasteiger partial charge >= 0.3 is 12.0 Å². The third-order valence-electron chi connectivity index (χ3n) is 4.12. The number of hydrogen-bond donors (Lipinski definition) is 2. The highest BCUT2D eigenvalue weighted by molar-refractivity contribution is 7.89. The molecule has 1 fully saturated rings. The molecule has 0 bridgehead atoms. The molecule has 148 valence electrons. The number of hydrogen-bond acceptors (Lipinski definition) is 6. The van der Waals surface area contributed by atoms with E-state index in [1.807, 2.05) is 0 Å². The second kappa shape index (κ2) is 9.50. The number of amides is 3. The average molecular weight is 396 g/mol. The fraction of sp³-hybridized carbons (Fsp3) is 0.500. The summed E-state index contributed by atoms with van der Waals surface area (Å²) in [5.74, 6) is -1.70. The second-order valence-electron chi connectivity index (χ2n) is 6.70. The summed E-state index contributed by atoms with van der Waals surface area (Å²) in [5.41, 5.74) is 0.582. The molecule has 2 rings (SSSR count). The van der Waals surface area contributed by atoms with Gasteiger partial charge < -0.3 is 10.1 Å². The third kappa shape index (κ3) is 7.78. The Balaban J connectivity index is 1.79. The molecule has 8 nitrogen and oxygen atoms in total. The Bertz CT molecular complexity index is 800. The predicted octanol–water partition coefficient (Wildman–Crippen LogP) is 1.55.